The minimum atomic E-state index is 0.677. The molecular weight excluding hydrogens is 204 g/mol. The number of nitrogens with zero attached hydrogens (tertiary/aromatic N) is 3. The van der Waals surface area contributed by atoms with Crippen LogP contribution in [0, 0.1) is 0 Å². The summed E-state index contributed by atoms with van der Waals surface area (Å²) in [5, 5.41) is 3.43. The van der Waals surface area contributed by atoms with Crippen molar-refractivity contribution in [2.75, 3.05) is 0 Å². The summed E-state index contributed by atoms with van der Waals surface area (Å²) in [5.41, 5.74) is 1.92. The molecule has 0 radical (unpaired) electrons. The lowest BCUT2D eigenvalue weighted by molar-refractivity contribution is 0.564. The molecule has 1 N–H and O–H groups in total. The van der Waals surface area contributed by atoms with E-state index in [1.165, 1.54) is 19.2 Å². The van der Waals surface area contributed by atoms with Crippen molar-refractivity contribution in [1.82, 2.24) is 19.9 Å². The molecule has 1 fully saturated rings. The Hall–Kier alpha value is -1.62. The number of aryl methyl sites for hydroxylation is 1. The van der Waals surface area contributed by atoms with E-state index in [-0.39, 0.29) is 0 Å². The van der Waals surface area contributed by atoms with Gasteiger partial charge in [-0.3, -0.25) is 0 Å². The summed E-state index contributed by atoms with van der Waals surface area (Å²) in [6, 6.07) is 0.677. The van der Waals surface area contributed by atoms with Gasteiger partial charge in [0.25, 0.3) is 0 Å². The van der Waals surface area contributed by atoms with Crippen LogP contribution in [-0.2, 0) is 13.6 Å². The lowest BCUT2D eigenvalue weighted by Gasteiger charge is -2.02. The van der Waals surface area contributed by atoms with Crippen LogP contribution in [0.5, 0.6) is 0 Å². The van der Waals surface area contributed by atoms with E-state index in [1.807, 2.05) is 11.6 Å². The van der Waals surface area contributed by atoms with Gasteiger partial charge in [0.1, 0.15) is 11.4 Å². The Morgan fingerprint density at radius 2 is 2.44 bits per heavy atom. The van der Waals surface area contributed by atoms with Crippen LogP contribution in [0.3, 0.4) is 0 Å². The number of imidazole rings is 1. The summed E-state index contributed by atoms with van der Waals surface area (Å²) >= 11 is 0. The third-order valence-corrected chi connectivity index (χ3v) is 2.83. The molecule has 0 unspecified atom stereocenters. The Morgan fingerprint density at radius 1 is 1.56 bits per heavy atom. The Kier molecular flexibility index (Phi) is 2.25. The molecule has 5 heteroatoms. The fraction of sp³-hybridized carbons (Fsp3) is 0.455. The summed E-state index contributed by atoms with van der Waals surface area (Å²) in [4.78, 5) is 8.32. The summed E-state index contributed by atoms with van der Waals surface area (Å²) in [5.74, 6) is 0.813. The smallest absolute Gasteiger partial charge is 0.181 e. The number of nitrogens with one attached hydrogen (secondary N) is 1. The monoisotopic (exact) mass is 218 g/mol. The topological polar surface area (TPSA) is 55.9 Å². The summed E-state index contributed by atoms with van der Waals surface area (Å²) in [7, 11) is 1.95. The zero-order valence-corrected chi connectivity index (χ0v) is 9.18. The second-order valence-electron chi connectivity index (χ2n) is 4.17. The maximum atomic E-state index is 5.43. The van der Waals surface area contributed by atoms with Gasteiger partial charge in [0.2, 0.25) is 0 Å². The van der Waals surface area contributed by atoms with Gasteiger partial charge in [-0.1, -0.05) is 0 Å². The van der Waals surface area contributed by atoms with Crippen molar-refractivity contribution < 1.29 is 4.42 Å². The highest BCUT2D eigenvalue weighted by atomic mass is 16.3. The van der Waals surface area contributed by atoms with Crippen LogP contribution in [0.15, 0.2) is 23.3 Å². The van der Waals surface area contributed by atoms with Gasteiger partial charge in [-0.15, -0.1) is 0 Å². The van der Waals surface area contributed by atoms with Crippen LogP contribution in [0.4, 0.5) is 0 Å². The lowest BCUT2D eigenvalue weighted by Crippen LogP contribution is -2.16. The van der Waals surface area contributed by atoms with Crippen LogP contribution in [0.25, 0.3) is 11.5 Å². The average Bonchev–Trinajstić information content (AvgIpc) is 2.83. The van der Waals surface area contributed by atoms with Crippen molar-refractivity contribution >= 4 is 0 Å². The van der Waals surface area contributed by atoms with Crippen LogP contribution < -0.4 is 5.32 Å². The predicted molar refractivity (Wildman–Crippen MR) is 58.6 cm³/mol. The number of oxazole rings is 1. The summed E-state index contributed by atoms with van der Waals surface area (Å²) in [6.07, 6.45) is 7.60. The molecule has 0 spiro atoms. The molecule has 2 aromatic rings. The molecule has 84 valence electrons. The van der Waals surface area contributed by atoms with E-state index in [2.05, 4.69) is 15.3 Å². The Balaban J connectivity index is 1.83. The molecule has 1 aliphatic carbocycles. The molecule has 2 aromatic heterocycles. The van der Waals surface area contributed by atoms with E-state index >= 15 is 0 Å². The normalized spacial score (nSPS) is 15.6. The average molecular weight is 218 g/mol. The standard InChI is InChI=1S/C11H14N4O/c1-15-6-12-5-10(15)11-9(14-7-16-11)4-13-8-2-3-8/h5-8,13H,2-4H2,1H3. The van der Waals surface area contributed by atoms with Crippen LogP contribution in [0.2, 0.25) is 0 Å². The number of aromatic nitrogens is 3. The minimum Gasteiger partial charge on any atom is -0.442 e. The molecular formula is C11H14N4O. The van der Waals surface area contributed by atoms with Gasteiger partial charge in [0.15, 0.2) is 12.2 Å². The number of hydrogen-bond acceptors (Lipinski definition) is 4. The highest BCUT2D eigenvalue weighted by molar-refractivity contribution is 5.54. The molecule has 3 rings (SSSR count). The SMILES string of the molecule is Cn1cncc1-c1ocnc1CNC1CC1. The van der Waals surface area contributed by atoms with Crippen molar-refractivity contribution in [3.05, 3.63) is 24.6 Å². The van der Waals surface area contributed by atoms with Crippen molar-refractivity contribution in [3.63, 3.8) is 0 Å². The maximum Gasteiger partial charge on any atom is 0.181 e. The maximum absolute atomic E-state index is 5.43. The van der Waals surface area contributed by atoms with Crippen LogP contribution in [0.1, 0.15) is 18.5 Å². The van der Waals surface area contributed by atoms with Crippen molar-refractivity contribution in [2.24, 2.45) is 7.05 Å². The van der Waals surface area contributed by atoms with Gasteiger partial charge in [0, 0.05) is 19.6 Å². The first-order valence-electron chi connectivity index (χ1n) is 5.47. The number of rotatable bonds is 4. The quantitative estimate of drug-likeness (QED) is 0.841. The van der Waals surface area contributed by atoms with E-state index in [9.17, 15) is 0 Å². The molecule has 1 aliphatic rings. The molecule has 1 saturated carbocycles. The summed E-state index contributed by atoms with van der Waals surface area (Å²) < 4.78 is 7.36. The second kappa shape index (κ2) is 3.75. The third-order valence-electron chi connectivity index (χ3n) is 2.83. The molecule has 2 heterocycles. The largest absolute Gasteiger partial charge is 0.442 e. The first-order chi connectivity index (χ1) is 7.84. The van der Waals surface area contributed by atoms with E-state index in [0.717, 1.165) is 23.7 Å². The highest BCUT2D eigenvalue weighted by Crippen LogP contribution is 2.24. The molecule has 0 amide bonds. The first-order valence-corrected chi connectivity index (χ1v) is 5.47. The minimum absolute atomic E-state index is 0.677. The molecule has 5 nitrogen and oxygen atoms in total. The molecule has 16 heavy (non-hydrogen) atoms. The van der Waals surface area contributed by atoms with Crippen molar-refractivity contribution in [3.8, 4) is 11.5 Å². The van der Waals surface area contributed by atoms with Crippen molar-refractivity contribution in [2.45, 2.75) is 25.4 Å². The van der Waals surface area contributed by atoms with Gasteiger partial charge < -0.3 is 14.3 Å². The molecule has 0 aliphatic heterocycles. The van der Waals surface area contributed by atoms with E-state index < -0.39 is 0 Å². The van der Waals surface area contributed by atoms with Gasteiger partial charge in [-0.2, -0.15) is 0 Å². The number of hydrogen-bond donors (Lipinski definition) is 1. The van der Waals surface area contributed by atoms with Gasteiger partial charge in [0.05, 0.1) is 12.5 Å². The van der Waals surface area contributed by atoms with Gasteiger partial charge >= 0.3 is 0 Å². The predicted octanol–water partition coefficient (Wildman–Crippen LogP) is 1.33. The van der Waals surface area contributed by atoms with E-state index in [1.54, 1.807) is 12.5 Å². The Labute approximate surface area is 93.5 Å². The summed E-state index contributed by atoms with van der Waals surface area (Å²) in [6.45, 7) is 0.766. The molecule has 0 saturated heterocycles. The Bertz CT molecular complexity index is 484. The van der Waals surface area contributed by atoms with Gasteiger partial charge in [-0.05, 0) is 12.8 Å². The van der Waals surface area contributed by atoms with Crippen molar-refractivity contribution in [1.29, 1.82) is 0 Å². The first kappa shape index (κ1) is 9.59. The molecule has 0 bridgehead atoms. The van der Waals surface area contributed by atoms with E-state index in [4.69, 9.17) is 4.42 Å². The molecule has 0 atom stereocenters. The second-order valence-corrected chi connectivity index (χ2v) is 4.17. The highest BCUT2D eigenvalue weighted by Gasteiger charge is 2.22. The van der Waals surface area contributed by atoms with Gasteiger partial charge in [-0.25, -0.2) is 9.97 Å². The fourth-order valence-electron chi connectivity index (χ4n) is 1.71. The van der Waals surface area contributed by atoms with Crippen LogP contribution >= 0.6 is 0 Å². The third kappa shape index (κ3) is 1.74. The molecule has 0 aromatic carbocycles. The zero-order valence-electron chi connectivity index (χ0n) is 9.18. The lowest BCUT2D eigenvalue weighted by atomic mass is 10.2. The fourth-order valence-corrected chi connectivity index (χ4v) is 1.71. The zero-order chi connectivity index (χ0) is 11.0. The Morgan fingerprint density at radius 3 is 3.12 bits per heavy atom. The van der Waals surface area contributed by atoms with Crippen LogP contribution in [-0.4, -0.2) is 20.6 Å². The van der Waals surface area contributed by atoms with E-state index in [0.29, 0.717) is 6.04 Å².